The fourth-order valence-corrected chi connectivity index (χ4v) is 2.42. The molecule has 0 bridgehead atoms. The van der Waals surface area contributed by atoms with E-state index < -0.39 is 33.6 Å². The van der Waals surface area contributed by atoms with Gasteiger partial charge in [-0.25, -0.2) is 0 Å². The Morgan fingerprint density at radius 2 is 1.95 bits per heavy atom. The maximum absolute atomic E-state index is 13.0. The SMILES string of the molecule is NC1(COc2ccc([N+](=O)[O-])cc2C(F)(F)F)CCCC1. The van der Waals surface area contributed by atoms with Crippen molar-refractivity contribution in [2.75, 3.05) is 6.61 Å². The molecule has 0 aromatic heterocycles. The number of rotatable bonds is 4. The van der Waals surface area contributed by atoms with Crippen molar-refractivity contribution in [3.8, 4) is 5.75 Å². The number of nitrogens with zero attached hydrogens (tertiary/aromatic N) is 1. The van der Waals surface area contributed by atoms with E-state index in [1.807, 2.05) is 0 Å². The van der Waals surface area contributed by atoms with Crippen LogP contribution in [0.4, 0.5) is 18.9 Å². The molecule has 1 aromatic rings. The molecule has 1 aromatic carbocycles. The highest BCUT2D eigenvalue weighted by Gasteiger charge is 2.37. The minimum Gasteiger partial charge on any atom is -0.491 e. The monoisotopic (exact) mass is 304 g/mol. The lowest BCUT2D eigenvalue weighted by Crippen LogP contribution is -2.42. The molecule has 0 unspecified atom stereocenters. The molecule has 8 heteroatoms. The number of hydrogen-bond acceptors (Lipinski definition) is 4. The second-order valence-corrected chi connectivity index (χ2v) is 5.29. The van der Waals surface area contributed by atoms with Crippen molar-refractivity contribution < 1.29 is 22.8 Å². The summed E-state index contributed by atoms with van der Waals surface area (Å²) in [7, 11) is 0. The molecule has 2 rings (SSSR count). The second-order valence-electron chi connectivity index (χ2n) is 5.29. The van der Waals surface area contributed by atoms with Crippen molar-refractivity contribution in [3.63, 3.8) is 0 Å². The molecule has 1 aliphatic carbocycles. The van der Waals surface area contributed by atoms with E-state index in [9.17, 15) is 23.3 Å². The molecule has 2 N–H and O–H groups in total. The smallest absolute Gasteiger partial charge is 0.420 e. The average Bonchev–Trinajstić information content (AvgIpc) is 2.82. The normalized spacial score (nSPS) is 17.7. The number of alkyl halides is 3. The Morgan fingerprint density at radius 3 is 2.48 bits per heavy atom. The quantitative estimate of drug-likeness (QED) is 0.684. The van der Waals surface area contributed by atoms with Crippen molar-refractivity contribution in [2.24, 2.45) is 5.73 Å². The number of halogens is 3. The predicted octanol–water partition coefficient (Wildman–Crippen LogP) is 3.26. The number of nitro benzene ring substituents is 1. The first-order valence-electron chi connectivity index (χ1n) is 6.49. The summed E-state index contributed by atoms with van der Waals surface area (Å²) in [5.74, 6) is -0.426. The van der Waals surface area contributed by atoms with Crippen LogP contribution in [-0.2, 0) is 6.18 Å². The average molecular weight is 304 g/mol. The third kappa shape index (κ3) is 3.63. The summed E-state index contributed by atoms with van der Waals surface area (Å²) >= 11 is 0. The molecule has 0 amide bonds. The predicted molar refractivity (Wildman–Crippen MR) is 69.0 cm³/mol. The third-order valence-electron chi connectivity index (χ3n) is 3.59. The van der Waals surface area contributed by atoms with Gasteiger partial charge in [0, 0.05) is 12.1 Å². The number of ether oxygens (including phenoxy) is 1. The Labute approximate surface area is 119 Å². The van der Waals surface area contributed by atoms with Gasteiger partial charge in [-0.2, -0.15) is 13.2 Å². The van der Waals surface area contributed by atoms with Gasteiger partial charge in [0.2, 0.25) is 0 Å². The van der Waals surface area contributed by atoms with E-state index >= 15 is 0 Å². The van der Waals surface area contributed by atoms with Gasteiger partial charge in [0.15, 0.2) is 0 Å². The van der Waals surface area contributed by atoms with Gasteiger partial charge in [0.1, 0.15) is 17.9 Å². The molecule has 1 aliphatic rings. The summed E-state index contributed by atoms with van der Waals surface area (Å²) < 4.78 is 44.1. The van der Waals surface area contributed by atoms with Crippen LogP contribution in [0, 0.1) is 10.1 Å². The van der Waals surface area contributed by atoms with E-state index in [2.05, 4.69) is 0 Å². The Balaban J connectivity index is 2.23. The first-order valence-corrected chi connectivity index (χ1v) is 6.49. The fraction of sp³-hybridized carbons (Fsp3) is 0.538. The zero-order valence-electron chi connectivity index (χ0n) is 11.2. The van der Waals surface area contributed by atoms with Gasteiger partial charge in [-0.3, -0.25) is 10.1 Å². The van der Waals surface area contributed by atoms with Crippen LogP contribution < -0.4 is 10.5 Å². The van der Waals surface area contributed by atoms with Crippen LogP contribution in [0.25, 0.3) is 0 Å². The Hall–Kier alpha value is -1.83. The van der Waals surface area contributed by atoms with E-state index in [1.54, 1.807) is 0 Å². The molecule has 0 heterocycles. The summed E-state index contributed by atoms with van der Waals surface area (Å²) in [5, 5.41) is 10.6. The highest BCUT2D eigenvalue weighted by atomic mass is 19.4. The van der Waals surface area contributed by atoms with Crippen LogP contribution in [0.15, 0.2) is 18.2 Å². The molecule has 21 heavy (non-hydrogen) atoms. The number of hydrogen-bond donors (Lipinski definition) is 1. The topological polar surface area (TPSA) is 78.4 Å². The van der Waals surface area contributed by atoms with E-state index in [4.69, 9.17) is 10.5 Å². The number of benzene rings is 1. The van der Waals surface area contributed by atoms with Gasteiger partial charge >= 0.3 is 6.18 Å². The van der Waals surface area contributed by atoms with Crippen LogP contribution in [0.1, 0.15) is 31.2 Å². The summed E-state index contributed by atoms with van der Waals surface area (Å²) in [6, 6.07) is 2.44. The van der Waals surface area contributed by atoms with Crippen LogP contribution in [0.2, 0.25) is 0 Å². The molecule has 1 fully saturated rings. The lowest BCUT2D eigenvalue weighted by atomic mass is 10.0. The van der Waals surface area contributed by atoms with Crippen LogP contribution in [-0.4, -0.2) is 17.1 Å². The minimum absolute atomic E-state index is 0.0338. The zero-order valence-corrected chi connectivity index (χ0v) is 11.2. The van der Waals surface area contributed by atoms with Gasteiger partial charge in [-0.05, 0) is 18.9 Å². The van der Waals surface area contributed by atoms with Gasteiger partial charge in [-0.1, -0.05) is 12.8 Å². The lowest BCUT2D eigenvalue weighted by Gasteiger charge is -2.24. The summed E-state index contributed by atoms with van der Waals surface area (Å²) in [4.78, 5) is 9.71. The summed E-state index contributed by atoms with van der Waals surface area (Å²) in [5.41, 5.74) is 3.63. The molecule has 0 radical (unpaired) electrons. The molecule has 0 atom stereocenters. The van der Waals surface area contributed by atoms with E-state index in [0.29, 0.717) is 18.9 Å². The Bertz CT molecular complexity index is 540. The first kappa shape index (κ1) is 15.6. The van der Waals surface area contributed by atoms with E-state index in [-0.39, 0.29) is 6.61 Å². The maximum atomic E-state index is 13.0. The van der Waals surface area contributed by atoms with Gasteiger partial charge in [0.25, 0.3) is 5.69 Å². The summed E-state index contributed by atoms with van der Waals surface area (Å²) in [6.45, 7) is -0.0338. The Kier molecular flexibility index (Phi) is 4.08. The van der Waals surface area contributed by atoms with Crippen molar-refractivity contribution in [3.05, 3.63) is 33.9 Å². The number of non-ortho nitro benzene ring substituents is 1. The largest absolute Gasteiger partial charge is 0.491 e. The lowest BCUT2D eigenvalue weighted by molar-refractivity contribution is -0.385. The third-order valence-corrected chi connectivity index (χ3v) is 3.59. The van der Waals surface area contributed by atoms with Crippen LogP contribution >= 0.6 is 0 Å². The highest BCUT2D eigenvalue weighted by Crippen LogP contribution is 2.39. The molecule has 0 spiro atoms. The molecular weight excluding hydrogens is 289 g/mol. The molecule has 1 saturated carbocycles. The molecule has 0 saturated heterocycles. The standard InChI is InChI=1S/C13H15F3N2O3/c14-13(15,16)10-7-9(18(19)20)3-4-11(10)21-8-12(17)5-1-2-6-12/h3-4,7H,1-2,5-6,8,17H2. The van der Waals surface area contributed by atoms with E-state index in [1.165, 1.54) is 0 Å². The Morgan fingerprint density at radius 1 is 1.33 bits per heavy atom. The van der Waals surface area contributed by atoms with Crippen molar-refractivity contribution >= 4 is 5.69 Å². The molecule has 5 nitrogen and oxygen atoms in total. The van der Waals surface area contributed by atoms with Gasteiger partial charge in [0.05, 0.1) is 10.5 Å². The van der Waals surface area contributed by atoms with Crippen molar-refractivity contribution in [1.82, 2.24) is 0 Å². The second kappa shape index (κ2) is 5.51. The zero-order chi connectivity index (χ0) is 15.7. The number of nitro groups is 1. The first-order chi connectivity index (χ1) is 9.71. The van der Waals surface area contributed by atoms with Crippen LogP contribution in [0.5, 0.6) is 5.75 Å². The molecule has 0 aliphatic heterocycles. The maximum Gasteiger partial charge on any atom is 0.420 e. The fourth-order valence-electron chi connectivity index (χ4n) is 2.42. The van der Waals surface area contributed by atoms with Gasteiger partial charge in [-0.15, -0.1) is 0 Å². The molecular formula is C13H15F3N2O3. The summed E-state index contributed by atoms with van der Waals surface area (Å²) in [6.07, 6.45) is -1.49. The van der Waals surface area contributed by atoms with Crippen molar-refractivity contribution in [1.29, 1.82) is 0 Å². The van der Waals surface area contributed by atoms with Crippen LogP contribution in [0.3, 0.4) is 0 Å². The molecule has 116 valence electrons. The van der Waals surface area contributed by atoms with Gasteiger partial charge < -0.3 is 10.5 Å². The highest BCUT2D eigenvalue weighted by molar-refractivity contribution is 5.45. The van der Waals surface area contributed by atoms with Crippen molar-refractivity contribution in [2.45, 2.75) is 37.4 Å². The van der Waals surface area contributed by atoms with E-state index in [0.717, 1.165) is 25.0 Å². The minimum atomic E-state index is -4.72. The number of nitrogens with two attached hydrogens (primary N) is 1.